The van der Waals surface area contributed by atoms with Crippen molar-refractivity contribution in [1.82, 2.24) is 20.0 Å². The molecule has 0 saturated carbocycles. The Kier molecular flexibility index (Phi) is 5.39. The molecule has 0 fully saturated rings. The van der Waals surface area contributed by atoms with Crippen LogP contribution < -0.4 is 4.74 Å². The number of methoxy groups -OCH3 is 1. The molecule has 0 spiro atoms. The summed E-state index contributed by atoms with van der Waals surface area (Å²) in [4.78, 5) is 0. The van der Waals surface area contributed by atoms with E-state index in [4.69, 9.17) is 4.74 Å². The van der Waals surface area contributed by atoms with Gasteiger partial charge in [-0.25, -0.2) is 4.68 Å². The van der Waals surface area contributed by atoms with Crippen molar-refractivity contribution in [1.29, 1.82) is 0 Å². The second kappa shape index (κ2) is 8.27. The average Bonchev–Trinajstić information content (AvgIpc) is 3.23. The summed E-state index contributed by atoms with van der Waals surface area (Å²) < 4.78 is 7.03. The number of thioether (sulfide) groups is 1. The third-order valence-corrected chi connectivity index (χ3v) is 5.48. The van der Waals surface area contributed by atoms with E-state index >= 15 is 0 Å². The fourth-order valence-electron chi connectivity index (χ4n) is 2.89. The van der Waals surface area contributed by atoms with E-state index in [9.17, 15) is 0 Å². The molecule has 2 aromatic carbocycles. The van der Waals surface area contributed by atoms with Crippen molar-refractivity contribution in [2.75, 3.05) is 7.11 Å². The summed E-state index contributed by atoms with van der Waals surface area (Å²) in [7, 11) is 1.66. The van der Waals surface area contributed by atoms with Crippen molar-refractivity contribution in [3.05, 3.63) is 84.1 Å². The van der Waals surface area contributed by atoms with Crippen molar-refractivity contribution in [3.63, 3.8) is 0 Å². The predicted octanol–water partition coefficient (Wildman–Crippen LogP) is 4.94. The van der Waals surface area contributed by atoms with Crippen LogP contribution >= 0.6 is 11.8 Å². The van der Waals surface area contributed by atoms with Gasteiger partial charge in [-0.15, -0.1) is 10.2 Å². The molecule has 0 aliphatic carbocycles. The van der Waals surface area contributed by atoms with E-state index in [0.29, 0.717) is 5.82 Å². The summed E-state index contributed by atoms with van der Waals surface area (Å²) in [6, 6.07) is 22.2. The summed E-state index contributed by atoms with van der Waals surface area (Å²) in [6.07, 6.45) is 1.77. The van der Waals surface area contributed by atoms with Crippen LogP contribution in [0.1, 0.15) is 11.1 Å². The first-order valence-electron chi connectivity index (χ1n) is 8.94. The van der Waals surface area contributed by atoms with Gasteiger partial charge in [-0.3, -0.25) is 0 Å². The van der Waals surface area contributed by atoms with Crippen LogP contribution in [0.4, 0.5) is 0 Å². The Balaban J connectivity index is 1.51. The van der Waals surface area contributed by atoms with E-state index in [0.717, 1.165) is 27.8 Å². The zero-order chi connectivity index (χ0) is 19.3. The Morgan fingerprint density at radius 3 is 2.46 bits per heavy atom. The maximum absolute atomic E-state index is 5.23. The van der Waals surface area contributed by atoms with Gasteiger partial charge in [-0.05, 0) is 60.5 Å². The standard InChI is InChI=1S/C22H20N4OS/c1-16-5-3-4-6-18(16)15-28-22-12-11-21(24-25-22)26-20(13-14-23-26)17-7-9-19(27-2)10-8-17/h3-14H,15H2,1-2H3. The molecule has 0 aliphatic heterocycles. The molecule has 5 nitrogen and oxygen atoms in total. The number of aromatic nitrogens is 4. The molecule has 0 unspecified atom stereocenters. The molecule has 0 saturated heterocycles. The Labute approximate surface area is 168 Å². The highest BCUT2D eigenvalue weighted by Gasteiger charge is 2.10. The molecule has 0 radical (unpaired) electrons. The van der Waals surface area contributed by atoms with Gasteiger partial charge in [0.15, 0.2) is 5.82 Å². The number of hydrogen-bond acceptors (Lipinski definition) is 5. The summed E-state index contributed by atoms with van der Waals surface area (Å²) in [5, 5.41) is 14.1. The summed E-state index contributed by atoms with van der Waals surface area (Å²) in [5.74, 6) is 2.39. The van der Waals surface area contributed by atoms with Crippen LogP contribution in [-0.2, 0) is 5.75 Å². The van der Waals surface area contributed by atoms with Crippen LogP contribution in [0.25, 0.3) is 17.1 Å². The topological polar surface area (TPSA) is 52.8 Å². The Morgan fingerprint density at radius 1 is 0.929 bits per heavy atom. The lowest BCUT2D eigenvalue weighted by molar-refractivity contribution is 0.415. The zero-order valence-electron chi connectivity index (χ0n) is 15.7. The first-order chi connectivity index (χ1) is 13.7. The Bertz CT molecular complexity index is 1060. The highest BCUT2D eigenvalue weighted by Crippen LogP contribution is 2.25. The first-order valence-corrected chi connectivity index (χ1v) is 9.93. The smallest absolute Gasteiger partial charge is 0.176 e. The van der Waals surface area contributed by atoms with Crippen molar-refractivity contribution in [2.45, 2.75) is 17.7 Å². The monoisotopic (exact) mass is 388 g/mol. The summed E-state index contributed by atoms with van der Waals surface area (Å²) in [5.41, 5.74) is 4.60. The lowest BCUT2D eigenvalue weighted by Gasteiger charge is -2.08. The van der Waals surface area contributed by atoms with Gasteiger partial charge in [0.25, 0.3) is 0 Å². The van der Waals surface area contributed by atoms with Crippen LogP contribution in [0, 0.1) is 6.92 Å². The van der Waals surface area contributed by atoms with Gasteiger partial charge in [0.2, 0.25) is 0 Å². The van der Waals surface area contributed by atoms with Gasteiger partial charge in [0.05, 0.1) is 19.0 Å². The minimum Gasteiger partial charge on any atom is -0.497 e. The molecule has 0 N–H and O–H groups in total. The van der Waals surface area contributed by atoms with Gasteiger partial charge in [0.1, 0.15) is 10.8 Å². The summed E-state index contributed by atoms with van der Waals surface area (Å²) in [6.45, 7) is 2.13. The molecule has 4 aromatic rings. The molecule has 0 aliphatic rings. The van der Waals surface area contributed by atoms with E-state index in [1.54, 1.807) is 29.8 Å². The average molecular weight is 388 g/mol. The number of benzene rings is 2. The van der Waals surface area contributed by atoms with E-state index in [1.165, 1.54) is 11.1 Å². The van der Waals surface area contributed by atoms with Crippen molar-refractivity contribution >= 4 is 11.8 Å². The normalized spacial score (nSPS) is 10.8. The number of rotatable bonds is 6. The first kappa shape index (κ1) is 18.3. The summed E-state index contributed by atoms with van der Waals surface area (Å²) >= 11 is 1.68. The van der Waals surface area contributed by atoms with Gasteiger partial charge in [0, 0.05) is 11.3 Å². The predicted molar refractivity (Wildman–Crippen MR) is 112 cm³/mol. The molecular formula is C22H20N4OS. The second-order valence-electron chi connectivity index (χ2n) is 6.30. The van der Waals surface area contributed by atoms with Crippen LogP contribution in [0.15, 0.2) is 78.0 Å². The van der Waals surface area contributed by atoms with Crippen LogP contribution in [0.3, 0.4) is 0 Å². The van der Waals surface area contributed by atoms with E-state index in [1.807, 2.05) is 42.5 Å². The van der Waals surface area contributed by atoms with Gasteiger partial charge < -0.3 is 4.74 Å². The number of hydrogen-bond donors (Lipinski definition) is 0. The lowest BCUT2D eigenvalue weighted by Crippen LogP contribution is -2.03. The van der Waals surface area contributed by atoms with Crippen molar-refractivity contribution < 1.29 is 4.74 Å². The van der Waals surface area contributed by atoms with E-state index in [-0.39, 0.29) is 0 Å². The molecular weight excluding hydrogens is 368 g/mol. The third kappa shape index (κ3) is 3.92. The molecule has 140 valence electrons. The maximum atomic E-state index is 5.23. The SMILES string of the molecule is COc1ccc(-c2ccnn2-c2ccc(SCc3ccccc3C)nn2)cc1. The third-order valence-electron chi connectivity index (χ3n) is 4.51. The van der Waals surface area contributed by atoms with Gasteiger partial charge in [-0.1, -0.05) is 36.0 Å². The highest BCUT2D eigenvalue weighted by molar-refractivity contribution is 7.98. The molecule has 0 bridgehead atoms. The molecule has 0 atom stereocenters. The highest BCUT2D eigenvalue weighted by atomic mass is 32.2. The van der Waals surface area contributed by atoms with E-state index in [2.05, 4.69) is 46.5 Å². The van der Waals surface area contributed by atoms with Crippen LogP contribution in [0.5, 0.6) is 5.75 Å². The minimum absolute atomic E-state index is 0.691. The second-order valence-corrected chi connectivity index (χ2v) is 7.30. The molecule has 4 rings (SSSR count). The molecule has 2 aromatic heterocycles. The Hall–Kier alpha value is -3.12. The quantitative estimate of drug-likeness (QED) is 0.438. The number of ether oxygens (including phenoxy) is 1. The van der Waals surface area contributed by atoms with Crippen molar-refractivity contribution in [3.8, 4) is 22.8 Å². The molecule has 2 heterocycles. The van der Waals surface area contributed by atoms with Crippen LogP contribution in [-0.4, -0.2) is 27.1 Å². The van der Waals surface area contributed by atoms with Crippen LogP contribution in [0.2, 0.25) is 0 Å². The number of aryl methyl sites for hydroxylation is 1. The molecule has 0 amide bonds. The fraction of sp³-hybridized carbons (Fsp3) is 0.136. The van der Waals surface area contributed by atoms with E-state index < -0.39 is 0 Å². The fourth-order valence-corrected chi connectivity index (χ4v) is 3.78. The van der Waals surface area contributed by atoms with Crippen molar-refractivity contribution in [2.24, 2.45) is 0 Å². The lowest BCUT2D eigenvalue weighted by atomic mass is 10.1. The molecule has 6 heteroatoms. The van der Waals surface area contributed by atoms with Gasteiger partial charge >= 0.3 is 0 Å². The minimum atomic E-state index is 0.691. The number of nitrogens with zero attached hydrogens (tertiary/aromatic N) is 4. The maximum Gasteiger partial charge on any atom is 0.176 e. The molecule has 28 heavy (non-hydrogen) atoms. The Morgan fingerprint density at radius 2 is 1.75 bits per heavy atom. The largest absolute Gasteiger partial charge is 0.497 e. The zero-order valence-corrected chi connectivity index (χ0v) is 16.6. The van der Waals surface area contributed by atoms with Gasteiger partial charge in [-0.2, -0.15) is 5.10 Å².